The van der Waals surface area contributed by atoms with E-state index in [1.165, 1.54) is 12.1 Å². The van der Waals surface area contributed by atoms with Gasteiger partial charge in [-0.05, 0) is 19.1 Å². The fourth-order valence-corrected chi connectivity index (χ4v) is 1.19. The molecule has 0 heterocycles. The van der Waals surface area contributed by atoms with Crippen LogP contribution in [0.15, 0.2) is 29.2 Å². The summed E-state index contributed by atoms with van der Waals surface area (Å²) in [6.07, 6.45) is 0. The van der Waals surface area contributed by atoms with Crippen molar-refractivity contribution in [3.63, 3.8) is 0 Å². The van der Waals surface area contributed by atoms with Gasteiger partial charge in [-0.25, -0.2) is 0 Å². The number of hydrogen-bond donors (Lipinski definition) is 1. The fourth-order valence-electron chi connectivity index (χ4n) is 0.710. The van der Waals surface area contributed by atoms with Crippen LogP contribution in [0, 0.1) is 6.92 Å². The zero-order valence-corrected chi connectivity index (χ0v) is 6.80. The molecule has 1 N–H and O–H groups in total. The van der Waals surface area contributed by atoms with E-state index in [2.05, 4.69) is 0 Å². The molecule has 0 unspecified atom stereocenters. The van der Waals surface area contributed by atoms with E-state index in [1.807, 2.05) is 6.92 Å². The molecule has 0 saturated heterocycles. The molecule has 0 aliphatic rings. The van der Waals surface area contributed by atoms with Crippen LogP contribution in [0.25, 0.3) is 0 Å². The van der Waals surface area contributed by atoms with Crippen LogP contribution in [0.2, 0.25) is 0 Å². The van der Waals surface area contributed by atoms with Crippen LogP contribution in [-0.4, -0.2) is 64.4 Å². The van der Waals surface area contributed by atoms with Crippen molar-refractivity contribution in [2.24, 2.45) is 0 Å². The topological polar surface area (TPSA) is 54.4 Å². The van der Waals surface area contributed by atoms with Crippen LogP contribution in [-0.2, 0) is 10.1 Å². The van der Waals surface area contributed by atoms with Gasteiger partial charge in [0.25, 0.3) is 10.1 Å². The predicted molar refractivity (Wildman–Crippen MR) is 48.1 cm³/mol. The van der Waals surface area contributed by atoms with Gasteiger partial charge in [0.05, 0.1) is 4.90 Å². The van der Waals surface area contributed by atoms with E-state index in [4.69, 9.17) is 4.55 Å². The third kappa shape index (κ3) is 3.65. The second-order valence-electron chi connectivity index (χ2n) is 2.29. The van der Waals surface area contributed by atoms with Gasteiger partial charge in [-0.3, -0.25) is 4.55 Å². The predicted octanol–water partition coefficient (Wildman–Crippen LogP) is 0.593. The number of rotatable bonds is 1. The Kier molecular flexibility index (Phi) is 5.16. The number of aryl methyl sites for hydroxylation is 1. The Labute approximate surface area is 114 Å². The third-order valence-electron chi connectivity index (χ3n) is 1.32. The van der Waals surface area contributed by atoms with Gasteiger partial charge in [0.2, 0.25) is 0 Å². The molecule has 0 radical (unpaired) electrons. The molecule has 1 rings (SSSR count). The minimum absolute atomic E-state index is 0. The van der Waals surface area contributed by atoms with Gasteiger partial charge < -0.3 is 0 Å². The van der Waals surface area contributed by atoms with Crippen LogP contribution in [0.1, 0.15) is 5.56 Å². The molecule has 0 bridgehead atoms. The van der Waals surface area contributed by atoms with E-state index >= 15 is 0 Å². The van der Waals surface area contributed by atoms with Gasteiger partial charge in [-0.1, -0.05) is 17.7 Å². The fraction of sp³-hybridized carbons (Fsp3) is 0.143. The molecule has 0 aliphatic carbocycles. The summed E-state index contributed by atoms with van der Waals surface area (Å²) in [5.41, 5.74) is 0.956. The van der Waals surface area contributed by atoms with E-state index in [0.717, 1.165) is 5.56 Å². The summed E-state index contributed by atoms with van der Waals surface area (Å²) in [4.78, 5) is -0.0666. The van der Waals surface area contributed by atoms with Crippen molar-refractivity contribution in [2.75, 3.05) is 0 Å². The average molecular weight is 212 g/mol. The van der Waals surface area contributed by atoms with Gasteiger partial charge >= 0.3 is 51.4 Å². The van der Waals surface area contributed by atoms with Crippen LogP contribution in [0.4, 0.5) is 0 Å². The Hall–Kier alpha value is 0.766. The monoisotopic (exact) mass is 212 g/mol. The van der Waals surface area contributed by atoms with Crippen molar-refractivity contribution < 1.29 is 13.0 Å². The zero-order chi connectivity index (χ0) is 8.48. The Morgan fingerprint density at radius 1 is 1.17 bits per heavy atom. The van der Waals surface area contributed by atoms with Gasteiger partial charge in [0.1, 0.15) is 0 Å². The van der Waals surface area contributed by atoms with Crippen molar-refractivity contribution >= 4 is 61.5 Å². The molecule has 1 aromatic rings. The molecule has 0 amide bonds. The van der Waals surface area contributed by atoms with Crippen molar-refractivity contribution in [1.82, 2.24) is 0 Å². The number of benzene rings is 1. The summed E-state index contributed by atoms with van der Waals surface area (Å²) in [6, 6.07) is 5.99. The summed E-state index contributed by atoms with van der Waals surface area (Å²) in [5, 5.41) is 0. The Bertz CT molecular complexity index is 341. The van der Waals surface area contributed by atoms with Crippen molar-refractivity contribution in [3.8, 4) is 0 Å². The minimum atomic E-state index is -4.02. The standard InChI is InChI=1S/C7H8O3S.K.H/c1-6-2-4-7(5-3-6)11(8,9)10;;/h2-5H,1H3,(H,8,9,10);;. The van der Waals surface area contributed by atoms with Crippen molar-refractivity contribution in [1.29, 1.82) is 0 Å². The Morgan fingerprint density at radius 2 is 1.58 bits per heavy atom. The van der Waals surface area contributed by atoms with Crippen molar-refractivity contribution in [3.05, 3.63) is 29.8 Å². The third-order valence-corrected chi connectivity index (χ3v) is 2.19. The molecule has 0 aliphatic heterocycles. The second-order valence-corrected chi connectivity index (χ2v) is 3.71. The quantitative estimate of drug-likeness (QED) is 0.547. The van der Waals surface area contributed by atoms with Gasteiger partial charge in [0, 0.05) is 0 Å². The van der Waals surface area contributed by atoms with E-state index in [0.29, 0.717) is 0 Å². The molecule has 0 fully saturated rings. The Morgan fingerprint density at radius 3 is 1.92 bits per heavy atom. The SMILES string of the molecule is Cc1ccc(S(=O)(=O)O)cc1.[KH]. The first kappa shape index (κ1) is 12.8. The molecule has 0 atom stereocenters. The zero-order valence-electron chi connectivity index (χ0n) is 5.98. The van der Waals surface area contributed by atoms with E-state index in [-0.39, 0.29) is 56.3 Å². The second kappa shape index (κ2) is 4.85. The molecule has 5 heteroatoms. The van der Waals surface area contributed by atoms with Crippen LogP contribution < -0.4 is 0 Å². The molecule has 3 nitrogen and oxygen atoms in total. The molecular formula is C7H9KO3S. The summed E-state index contributed by atoms with van der Waals surface area (Å²) < 4.78 is 29.6. The van der Waals surface area contributed by atoms with Gasteiger partial charge in [0.15, 0.2) is 0 Å². The summed E-state index contributed by atoms with van der Waals surface area (Å²) >= 11 is 0. The molecule has 62 valence electrons. The van der Waals surface area contributed by atoms with Crippen LogP contribution >= 0.6 is 0 Å². The summed E-state index contributed by atoms with van der Waals surface area (Å²) in [5.74, 6) is 0. The van der Waals surface area contributed by atoms with Gasteiger partial charge in [-0.15, -0.1) is 0 Å². The van der Waals surface area contributed by atoms with E-state index in [9.17, 15) is 8.42 Å². The first-order chi connectivity index (χ1) is 5.00. The van der Waals surface area contributed by atoms with E-state index in [1.54, 1.807) is 12.1 Å². The number of hydrogen-bond acceptors (Lipinski definition) is 2. The van der Waals surface area contributed by atoms with Gasteiger partial charge in [-0.2, -0.15) is 8.42 Å². The van der Waals surface area contributed by atoms with E-state index < -0.39 is 10.1 Å². The first-order valence-electron chi connectivity index (χ1n) is 3.04. The molecular weight excluding hydrogens is 203 g/mol. The maximum atomic E-state index is 10.5. The Balaban J connectivity index is 0.00000121. The summed E-state index contributed by atoms with van der Waals surface area (Å²) in [7, 11) is -4.02. The average Bonchev–Trinajstić information content (AvgIpc) is 1.86. The molecule has 0 spiro atoms. The molecule has 1 aromatic carbocycles. The van der Waals surface area contributed by atoms with Crippen LogP contribution in [0.5, 0.6) is 0 Å². The van der Waals surface area contributed by atoms with Crippen LogP contribution in [0.3, 0.4) is 0 Å². The van der Waals surface area contributed by atoms with Crippen molar-refractivity contribution in [2.45, 2.75) is 11.8 Å². The summed E-state index contributed by atoms with van der Waals surface area (Å²) in [6.45, 7) is 1.84. The molecule has 12 heavy (non-hydrogen) atoms. The molecule has 0 aromatic heterocycles. The maximum absolute atomic E-state index is 10.5. The normalized spacial score (nSPS) is 10.5. The molecule has 0 saturated carbocycles. The first-order valence-corrected chi connectivity index (χ1v) is 4.48.